The average molecular weight is 348 g/mol. The molecule has 0 unspecified atom stereocenters. The lowest BCUT2D eigenvalue weighted by Gasteiger charge is -2.20. The SMILES string of the molecule is CCCC[C@H](CC)[C@@H]1NC(=O)N(SC(Cl)(Cl)Cl)C1=O. The van der Waals surface area contributed by atoms with E-state index in [0.717, 1.165) is 30.0 Å². The summed E-state index contributed by atoms with van der Waals surface area (Å²) < 4.78 is -0.820. The van der Waals surface area contributed by atoms with Gasteiger partial charge in [0.1, 0.15) is 6.04 Å². The fraction of sp³-hybridized carbons (Fsp3) is 0.818. The van der Waals surface area contributed by atoms with Crippen molar-refractivity contribution in [2.45, 2.75) is 48.7 Å². The van der Waals surface area contributed by atoms with Crippen LogP contribution in [0.4, 0.5) is 4.79 Å². The quantitative estimate of drug-likeness (QED) is 0.447. The van der Waals surface area contributed by atoms with E-state index in [0.29, 0.717) is 11.9 Å². The lowest BCUT2D eigenvalue weighted by Crippen LogP contribution is -2.36. The number of hydrogen-bond donors (Lipinski definition) is 1. The lowest BCUT2D eigenvalue weighted by molar-refractivity contribution is -0.125. The summed E-state index contributed by atoms with van der Waals surface area (Å²) in [5, 5.41) is 2.68. The van der Waals surface area contributed by atoms with Gasteiger partial charge in [-0.05, 0) is 12.3 Å². The molecular formula is C11H17Cl3N2O2S. The van der Waals surface area contributed by atoms with Crippen molar-refractivity contribution < 1.29 is 9.59 Å². The zero-order chi connectivity index (χ0) is 14.6. The highest BCUT2D eigenvalue weighted by Crippen LogP contribution is 2.42. The number of carbonyl (C=O) groups is 2. The number of urea groups is 1. The molecule has 4 nitrogen and oxygen atoms in total. The zero-order valence-corrected chi connectivity index (χ0v) is 13.9. The Hall–Kier alpha value is 0.160. The highest BCUT2D eigenvalue weighted by Gasteiger charge is 2.45. The van der Waals surface area contributed by atoms with E-state index in [2.05, 4.69) is 12.2 Å². The minimum atomic E-state index is -1.73. The van der Waals surface area contributed by atoms with E-state index in [4.69, 9.17) is 34.8 Å². The maximum Gasteiger partial charge on any atom is 0.335 e. The zero-order valence-electron chi connectivity index (χ0n) is 10.8. The van der Waals surface area contributed by atoms with Gasteiger partial charge in [0, 0.05) is 11.9 Å². The molecule has 1 aliphatic rings. The third-order valence-electron chi connectivity index (χ3n) is 3.05. The van der Waals surface area contributed by atoms with Gasteiger partial charge in [-0.1, -0.05) is 67.9 Å². The monoisotopic (exact) mass is 346 g/mol. The molecular weight excluding hydrogens is 331 g/mol. The molecule has 1 N–H and O–H groups in total. The molecule has 0 aliphatic carbocycles. The molecule has 1 heterocycles. The van der Waals surface area contributed by atoms with Gasteiger partial charge in [-0.2, -0.15) is 4.31 Å². The fourth-order valence-corrected chi connectivity index (χ4v) is 3.23. The molecule has 1 rings (SSSR count). The van der Waals surface area contributed by atoms with Gasteiger partial charge < -0.3 is 5.32 Å². The molecule has 0 saturated carbocycles. The van der Waals surface area contributed by atoms with E-state index >= 15 is 0 Å². The summed E-state index contributed by atoms with van der Waals surface area (Å²) in [4.78, 5) is 24.0. The van der Waals surface area contributed by atoms with E-state index in [1.54, 1.807) is 0 Å². The Balaban J connectivity index is 2.73. The fourth-order valence-electron chi connectivity index (χ4n) is 2.06. The lowest BCUT2D eigenvalue weighted by atomic mass is 9.91. The Morgan fingerprint density at radius 1 is 1.37 bits per heavy atom. The minimum Gasteiger partial charge on any atom is -0.325 e. The van der Waals surface area contributed by atoms with Crippen LogP contribution in [-0.2, 0) is 4.79 Å². The first-order valence-corrected chi connectivity index (χ1v) is 8.11. The van der Waals surface area contributed by atoms with Crippen molar-refractivity contribution in [2.75, 3.05) is 0 Å². The Kier molecular flexibility index (Phi) is 6.57. The summed E-state index contributed by atoms with van der Waals surface area (Å²) in [6, 6.07) is -1.02. The van der Waals surface area contributed by atoms with Crippen molar-refractivity contribution in [1.82, 2.24) is 9.62 Å². The van der Waals surface area contributed by atoms with Crippen molar-refractivity contribution in [2.24, 2.45) is 5.92 Å². The highest BCUT2D eigenvalue weighted by molar-refractivity contribution is 8.03. The predicted molar refractivity (Wildman–Crippen MR) is 80.4 cm³/mol. The number of nitrogens with one attached hydrogen (secondary N) is 1. The molecule has 0 spiro atoms. The van der Waals surface area contributed by atoms with E-state index < -0.39 is 15.2 Å². The molecule has 0 aromatic heterocycles. The molecule has 1 fully saturated rings. The number of unbranched alkanes of at least 4 members (excludes halogenated alkanes) is 1. The number of hydrogen-bond acceptors (Lipinski definition) is 3. The first kappa shape index (κ1) is 17.2. The largest absolute Gasteiger partial charge is 0.335 e. The smallest absolute Gasteiger partial charge is 0.325 e. The summed E-state index contributed by atoms with van der Waals surface area (Å²) in [6.07, 6.45) is 3.80. The second-order valence-corrected chi connectivity index (χ2v) is 8.52. The van der Waals surface area contributed by atoms with Gasteiger partial charge in [0.2, 0.25) is 0 Å². The van der Waals surface area contributed by atoms with Crippen LogP contribution < -0.4 is 5.32 Å². The highest BCUT2D eigenvalue weighted by atomic mass is 35.6. The molecule has 0 aromatic carbocycles. The molecule has 19 heavy (non-hydrogen) atoms. The molecule has 3 amide bonds. The van der Waals surface area contributed by atoms with Crippen molar-refractivity contribution in [3.05, 3.63) is 0 Å². The van der Waals surface area contributed by atoms with Crippen molar-refractivity contribution in [1.29, 1.82) is 0 Å². The second kappa shape index (κ2) is 7.25. The molecule has 1 aliphatic heterocycles. The van der Waals surface area contributed by atoms with E-state index in [9.17, 15) is 9.59 Å². The van der Waals surface area contributed by atoms with Crippen LogP contribution in [0.2, 0.25) is 0 Å². The number of alkyl halides is 3. The standard InChI is InChI=1S/C11H17Cl3N2O2S/c1-3-5-6-7(4-2)8-9(17)16(10(18)15-8)19-11(12,13)14/h7-8H,3-6H2,1-2H3,(H,15,18)/t7-,8-/m0/s1. The van der Waals surface area contributed by atoms with E-state index in [1.807, 2.05) is 6.92 Å². The van der Waals surface area contributed by atoms with Gasteiger partial charge in [-0.15, -0.1) is 0 Å². The van der Waals surface area contributed by atoms with Crippen LogP contribution in [0.5, 0.6) is 0 Å². The predicted octanol–water partition coefficient (Wildman–Crippen LogP) is 4.10. The van der Waals surface area contributed by atoms with Gasteiger partial charge in [-0.25, -0.2) is 4.79 Å². The molecule has 8 heteroatoms. The van der Waals surface area contributed by atoms with Crippen LogP contribution in [0.1, 0.15) is 39.5 Å². The number of halogens is 3. The normalized spacial score (nSPS) is 21.7. The van der Waals surface area contributed by atoms with Crippen LogP contribution in [0, 0.1) is 5.92 Å². The van der Waals surface area contributed by atoms with Crippen LogP contribution in [-0.4, -0.2) is 25.4 Å². The minimum absolute atomic E-state index is 0.123. The Bertz CT molecular complexity index is 349. The van der Waals surface area contributed by atoms with Gasteiger partial charge in [0.05, 0.1) is 0 Å². The summed E-state index contributed by atoms with van der Waals surface area (Å²) in [6.45, 7) is 4.09. The Labute approximate surface area is 132 Å². The topological polar surface area (TPSA) is 49.4 Å². The maximum atomic E-state index is 12.2. The second-order valence-electron chi connectivity index (χ2n) is 4.41. The van der Waals surface area contributed by atoms with Crippen LogP contribution in [0.15, 0.2) is 0 Å². The number of carbonyl (C=O) groups excluding carboxylic acids is 2. The maximum absolute atomic E-state index is 12.2. The van der Waals surface area contributed by atoms with E-state index in [-0.39, 0.29) is 11.8 Å². The number of rotatable bonds is 6. The third kappa shape index (κ3) is 4.88. The van der Waals surface area contributed by atoms with Crippen molar-refractivity contribution in [3.63, 3.8) is 0 Å². The molecule has 0 bridgehead atoms. The number of imide groups is 1. The molecule has 1 saturated heterocycles. The van der Waals surface area contributed by atoms with Crippen molar-refractivity contribution in [3.8, 4) is 0 Å². The van der Waals surface area contributed by atoms with Gasteiger partial charge in [0.25, 0.3) is 9.03 Å². The molecule has 110 valence electrons. The van der Waals surface area contributed by atoms with Gasteiger partial charge in [-0.3, -0.25) is 4.79 Å². The van der Waals surface area contributed by atoms with Crippen LogP contribution in [0.3, 0.4) is 0 Å². The first-order valence-electron chi connectivity index (χ1n) is 6.20. The summed E-state index contributed by atoms with van der Waals surface area (Å²) in [7, 11) is 0. The van der Waals surface area contributed by atoms with Gasteiger partial charge >= 0.3 is 6.03 Å². The average Bonchev–Trinajstić information content (AvgIpc) is 2.57. The summed E-state index contributed by atoms with van der Waals surface area (Å²) >= 11 is 17.4. The number of nitrogens with zero attached hydrogens (tertiary/aromatic N) is 1. The molecule has 0 aromatic rings. The third-order valence-corrected chi connectivity index (χ3v) is 4.41. The Morgan fingerprint density at radius 3 is 2.47 bits per heavy atom. The molecule has 2 atom stereocenters. The summed E-state index contributed by atoms with van der Waals surface area (Å²) in [5.41, 5.74) is 0. The summed E-state index contributed by atoms with van der Waals surface area (Å²) in [5.74, 6) is -0.207. The Morgan fingerprint density at radius 2 is 2.00 bits per heavy atom. The van der Waals surface area contributed by atoms with E-state index in [1.165, 1.54) is 0 Å². The van der Waals surface area contributed by atoms with Gasteiger partial charge in [0.15, 0.2) is 0 Å². The van der Waals surface area contributed by atoms with Crippen LogP contribution >= 0.6 is 46.8 Å². The molecule has 0 radical (unpaired) electrons. The number of amides is 3. The van der Waals surface area contributed by atoms with Crippen LogP contribution in [0.25, 0.3) is 0 Å². The first-order chi connectivity index (χ1) is 8.80. The van der Waals surface area contributed by atoms with Crippen molar-refractivity contribution >= 4 is 58.7 Å².